The van der Waals surface area contributed by atoms with Gasteiger partial charge in [-0.1, -0.05) is 6.42 Å². The first-order chi connectivity index (χ1) is 10.5. The number of carbonyl (C=O) groups excluding carboxylic acids is 3. The van der Waals surface area contributed by atoms with Gasteiger partial charge in [0.25, 0.3) is 0 Å². The van der Waals surface area contributed by atoms with Gasteiger partial charge in [-0.25, -0.2) is 9.59 Å². The van der Waals surface area contributed by atoms with E-state index in [0.29, 0.717) is 11.7 Å². The topological polar surface area (TPSA) is 96.5 Å². The molecule has 2 fully saturated rings. The highest BCUT2D eigenvalue weighted by atomic mass is 32.2. The van der Waals surface area contributed by atoms with Gasteiger partial charge in [0.1, 0.15) is 6.04 Å². The van der Waals surface area contributed by atoms with Crippen LogP contribution in [0.15, 0.2) is 0 Å². The van der Waals surface area contributed by atoms with Crippen LogP contribution in [0.1, 0.15) is 32.6 Å². The third kappa shape index (κ3) is 4.28. The Balaban J connectivity index is 1.60. The van der Waals surface area contributed by atoms with Crippen LogP contribution in [0.3, 0.4) is 0 Å². The largest absolute Gasteiger partial charge is 0.467 e. The Morgan fingerprint density at radius 1 is 1.41 bits per heavy atom. The number of unbranched alkanes of at least 4 members (excludes halogenated alkanes) is 1. The molecule has 0 aromatic rings. The first-order valence-corrected chi connectivity index (χ1v) is 8.62. The summed E-state index contributed by atoms with van der Waals surface area (Å²) in [7, 11) is 1.30. The van der Waals surface area contributed by atoms with Gasteiger partial charge >= 0.3 is 12.0 Å². The summed E-state index contributed by atoms with van der Waals surface area (Å²) in [5.74, 6) is 0.377. The Kier molecular flexibility index (Phi) is 5.93. The smallest absolute Gasteiger partial charge is 0.328 e. The minimum Gasteiger partial charge on any atom is -0.467 e. The van der Waals surface area contributed by atoms with Crippen molar-refractivity contribution in [2.24, 2.45) is 0 Å². The highest BCUT2D eigenvalue weighted by Crippen LogP contribution is 2.33. The fourth-order valence-corrected chi connectivity index (χ4v) is 4.37. The molecule has 2 rings (SSSR count). The molecule has 0 aromatic carbocycles. The summed E-state index contributed by atoms with van der Waals surface area (Å²) in [5, 5.41) is 8.91. The molecule has 8 heteroatoms. The van der Waals surface area contributed by atoms with Crippen LogP contribution in [0.5, 0.6) is 0 Å². The van der Waals surface area contributed by atoms with Crippen molar-refractivity contribution in [2.45, 2.75) is 56.0 Å². The van der Waals surface area contributed by atoms with Crippen LogP contribution in [0.25, 0.3) is 0 Å². The van der Waals surface area contributed by atoms with Crippen LogP contribution in [0.4, 0.5) is 4.79 Å². The number of methoxy groups -OCH3 is 1. The van der Waals surface area contributed by atoms with Crippen LogP contribution in [0, 0.1) is 0 Å². The van der Waals surface area contributed by atoms with E-state index in [1.165, 1.54) is 7.11 Å². The predicted octanol–water partition coefficient (Wildman–Crippen LogP) is 0.390. The van der Waals surface area contributed by atoms with Gasteiger partial charge in [-0.15, -0.1) is 0 Å². The lowest BCUT2D eigenvalue weighted by Crippen LogP contribution is -2.39. The van der Waals surface area contributed by atoms with Crippen molar-refractivity contribution in [3.63, 3.8) is 0 Å². The summed E-state index contributed by atoms with van der Waals surface area (Å²) in [6.45, 7) is 1.61. The third-order valence-corrected chi connectivity index (χ3v) is 5.52. The van der Waals surface area contributed by atoms with Crippen molar-refractivity contribution in [3.05, 3.63) is 0 Å². The van der Waals surface area contributed by atoms with E-state index in [2.05, 4.69) is 20.7 Å². The maximum Gasteiger partial charge on any atom is 0.328 e. The zero-order valence-electron chi connectivity index (χ0n) is 12.9. The number of hydrogen-bond donors (Lipinski definition) is 3. The van der Waals surface area contributed by atoms with E-state index >= 15 is 0 Å². The maximum absolute atomic E-state index is 11.7. The number of nitrogens with one attached hydrogen (secondary N) is 3. The van der Waals surface area contributed by atoms with Crippen molar-refractivity contribution in [1.82, 2.24) is 16.0 Å². The van der Waals surface area contributed by atoms with Crippen molar-refractivity contribution >= 4 is 29.7 Å². The summed E-state index contributed by atoms with van der Waals surface area (Å²) in [6.07, 6.45) is 3.08. The number of fused-ring (bicyclic) bond motifs is 1. The lowest BCUT2D eigenvalue weighted by atomic mass is 10.0. The van der Waals surface area contributed by atoms with Gasteiger partial charge in [0, 0.05) is 17.4 Å². The second kappa shape index (κ2) is 7.71. The van der Waals surface area contributed by atoms with Gasteiger partial charge in [0.2, 0.25) is 5.91 Å². The molecular weight excluding hydrogens is 306 g/mol. The molecule has 0 unspecified atom stereocenters. The SMILES string of the molecule is COC(=O)[C@H](C)NC(=O)CCCC[C@@H]1SC[C@@H]2NC(=O)N[C@@H]21. The molecule has 2 aliphatic rings. The molecule has 2 heterocycles. The van der Waals surface area contributed by atoms with Gasteiger partial charge in [-0.2, -0.15) is 11.8 Å². The molecule has 124 valence electrons. The lowest BCUT2D eigenvalue weighted by molar-refractivity contribution is -0.144. The van der Waals surface area contributed by atoms with Crippen molar-refractivity contribution in [2.75, 3.05) is 12.9 Å². The molecule has 0 aromatic heterocycles. The van der Waals surface area contributed by atoms with Crippen LogP contribution < -0.4 is 16.0 Å². The number of carbonyl (C=O) groups is 3. The van der Waals surface area contributed by atoms with E-state index in [4.69, 9.17) is 0 Å². The average molecular weight is 329 g/mol. The van der Waals surface area contributed by atoms with E-state index in [0.717, 1.165) is 25.0 Å². The first kappa shape index (κ1) is 16.9. The second-order valence-corrected chi connectivity index (χ2v) is 6.95. The number of hydrogen-bond acceptors (Lipinski definition) is 5. The van der Waals surface area contributed by atoms with Gasteiger partial charge < -0.3 is 20.7 Å². The van der Waals surface area contributed by atoms with Crippen molar-refractivity contribution in [1.29, 1.82) is 0 Å². The lowest BCUT2D eigenvalue weighted by Gasteiger charge is -2.16. The predicted molar refractivity (Wildman–Crippen MR) is 83.6 cm³/mol. The number of esters is 1. The third-order valence-electron chi connectivity index (χ3n) is 4.01. The molecule has 22 heavy (non-hydrogen) atoms. The first-order valence-electron chi connectivity index (χ1n) is 7.57. The Morgan fingerprint density at radius 3 is 2.91 bits per heavy atom. The molecular formula is C14H23N3O4S. The Morgan fingerprint density at radius 2 is 2.18 bits per heavy atom. The fraction of sp³-hybridized carbons (Fsp3) is 0.786. The summed E-state index contributed by atoms with van der Waals surface area (Å²) in [6, 6.07) is -0.225. The summed E-state index contributed by atoms with van der Waals surface area (Å²) in [4.78, 5) is 34.2. The number of amides is 3. The van der Waals surface area contributed by atoms with Gasteiger partial charge in [-0.3, -0.25) is 4.79 Å². The highest BCUT2D eigenvalue weighted by Gasteiger charge is 2.42. The van der Waals surface area contributed by atoms with E-state index in [-0.39, 0.29) is 24.0 Å². The molecule has 0 spiro atoms. The number of thioether (sulfide) groups is 1. The Hall–Kier alpha value is -1.44. The van der Waals surface area contributed by atoms with Crippen LogP contribution in [0.2, 0.25) is 0 Å². The van der Waals surface area contributed by atoms with Gasteiger partial charge in [-0.05, 0) is 19.8 Å². The molecule has 7 nitrogen and oxygen atoms in total. The highest BCUT2D eigenvalue weighted by molar-refractivity contribution is 8.00. The monoisotopic (exact) mass is 329 g/mol. The molecule has 2 saturated heterocycles. The van der Waals surface area contributed by atoms with E-state index in [9.17, 15) is 14.4 Å². The molecule has 0 bridgehead atoms. The average Bonchev–Trinajstić information content (AvgIpc) is 3.02. The maximum atomic E-state index is 11.7. The molecule has 3 amide bonds. The summed E-state index contributed by atoms with van der Waals surface area (Å²) >= 11 is 1.87. The second-order valence-electron chi connectivity index (χ2n) is 5.68. The molecule has 0 radical (unpaired) electrons. The Bertz CT molecular complexity index is 446. The molecule has 0 aliphatic carbocycles. The quantitative estimate of drug-likeness (QED) is 0.357. The number of rotatable bonds is 7. The summed E-state index contributed by atoms with van der Waals surface area (Å²) in [5.41, 5.74) is 0. The number of urea groups is 1. The Labute approximate surface area is 134 Å². The minimum absolute atomic E-state index is 0.0727. The molecule has 4 atom stereocenters. The zero-order chi connectivity index (χ0) is 16.1. The van der Waals surface area contributed by atoms with E-state index in [1.807, 2.05) is 11.8 Å². The standard InChI is InChI=1S/C14H23N3O4S/c1-8(13(19)21-2)15-11(18)6-4-3-5-10-12-9(7-22-10)16-14(20)17-12/h8-10,12H,3-7H2,1-2H3,(H,15,18)(H2,16,17,20)/t8-,9-,10-,12-/m0/s1. The van der Waals surface area contributed by atoms with Crippen LogP contribution >= 0.6 is 11.8 Å². The minimum atomic E-state index is -0.608. The normalized spacial score (nSPS) is 27.5. The number of ether oxygens (including phenoxy) is 1. The van der Waals surface area contributed by atoms with Crippen molar-refractivity contribution in [3.8, 4) is 0 Å². The van der Waals surface area contributed by atoms with E-state index in [1.54, 1.807) is 6.92 Å². The molecule has 0 saturated carbocycles. The zero-order valence-corrected chi connectivity index (χ0v) is 13.7. The van der Waals surface area contributed by atoms with Gasteiger partial charge in [0.05, 0.1) is 19.2 Å². The van der Waals surface area contributed by atoms with Crippen LogP contribution in [-0.4, -0.2) is 54.1 Å². The van der Waals surface area contributed by atoms with Crippen molar-refractivity contribution < 1.29 is 19.1 Å². The van der Waals surface area contributed by atoms with Gasteiger partial charge in [0.15, 0.2) is 0 Å². The molecule has 2 aliphatic heterocycles. The van der Waals surface area contributed by atoms with Crippen LogP contribution in [-0.2, 0) is 14.3 Å². The molecule has 3 N–H and O–H groups in total. The fourth-order valence-electron chi connectivity index (χ4n) is 2.82. The van der Waals surface area contributed by atoms with E-state index < -0.39 is 12.0 Å². The summed E-state index contributed by atoms with van der Waals surface area (Å²) < 4.78 is 4.56.